The Bertz CT molecular complexity index is 435. The molecular formula is C7H8ClFN2O2S. The summed E-state index contributed by atoms with van der Waals surface area (Å²) in [6, 6.07) is 0. The Morgan fingerprint density at radius 3 is 2.71 bits per heavy atom. The van der Waals surface area contributed by atoms with Gasteiger partial charge in [0.1, 0.15) is 6.33 Å². The van der Waals surface area contributed by atoms with E-state index >= 15 is 0 Å². The molecule has 0 aromatic carbocycles. The number of sulfone groups is 1. The lowest BCUT2D eigenvalue weighted by Gasteiger charge is -2.03. The molecule has 0 spiro atoms. The van der Waals surface area contributed by atoms with E-state index in [1.165, 1.54) is 6.92 Å². The molecule has 0 N–H and O–H groups in total. The third-order valence-electron chi connectivity index (χ3n) is 1.57. The summed E-state index contributed by atoms with van der Waals surface area (Å²) < 4.78 is 36.1. The van der Waals surface area contributed by atoms with Gasteiger partial charge in [0.15, 0.2) is 20.7 Å². The zero-order valence-electron chi connectivity index (χ0n) is 7.37. The van der Waals surface area contributed by atoms with E-state index in [2.05, 4.69) is 9.97 Å². The Kier molecular flexibility index (Phi) is 3.38. The molecule has 0 unspecified atom stereocenters. The van der Waals surface area contributed by atoms with Crippen LogP contribution in [-0.4, -0.2) is 30.0 Å². The summed E-state index contributed by atoms with van der Waals surface area (Å²) in [6.45, 7) is 1.37. The number of alkyl halides is 1. The number of hydrogen-bond acceptors (Lipinski definition) is 4. The molecule has 0 saturated heterocycles. The van der Waals surface area contributed by atoms with E-state index < -0.39 is 20.7 Å². The van der Waals surface area contributed by atoms with Gasteiger partial charge in [-0.25, -0.2) is 22.8 Å². The van der Waals surface area contributed by atoms with Gasteiger partial charge in [-0.2, -0.15) is 0 Å². The van der Waals surface area contributed by atoms with Crippen molar-refractivity contribution in [1.82, 2.24) is 9.97 Å². The quantitative estimate of drug-likeness (QED) is 0.581. The molecule has 0 aliphatic heterocycles. The van der Waals surface area contributed by atoms with Crippen LogP contribution in [0.1, 0.15) is 5.69 Å². The number of nitrogens with zero attached hydrogens (tertiary/aromatic N) is 2. The number of hydrogen-bond donors (Lipinski definition) is 0. The van der Waals surface area contributed by atoms with Crippen LogP contribution >= 0.6 is 11.6 Å². The summed E-state index contributed by atoms with van der Waals surface area (Å²) in [7, 11) is -3.72. The molecule has 0 saturated carbocycles. The largest absolute Gasteiger partial charge is 0.239 e. The smallest absolute Gasteiger partial charge is 0.199 e. The van der Waals surface area contributed by atoms with Gasteiger partial charge in [0, 0.05) is 5.88 Å². The summed E-state index contributed by atoms with van der Waals surface area (Å²) in [6.07, 6.45) is 1.01. The second-order valence-corrected chi connectivity index (χ2v) is 4.99. The van der Waals surface area contributed by atoms with Crippen LogP contribution in [0.3, 0.4) is 0 Å². The van der Waals surface area contributed by atoms with Crippen LogP contribution in [0.25, 0.3) is 0 Å². The fourth-order valence-electron chi connectivity index (χ4n) is 0.851. The predicted molar refractivity (Wildman–Crippen MR) is 49.5 cm³/mol. The van der Waals surface area contributed by atoms with Gasteiger partial charge in [-0.15, -0.1) is 11.6 Å². The minimum absolute atomic E-state index is 0.00754. The van der Waals surface area contributed by atoms with Crippen molar-refractivity contribution >= 4 is 21.4 Å². The van der Waals surface area contributed by atoms with E-state index in [0.29, 0.717) is 0 Å². The van der Waals surface area contributed by atoms with E-state index in [4.69, 9.17) is 11.6 Å². The highest BCUT2D eigenvalue weighted by Gasteiger charge is 2.21. The fourth-order valence-corrected chi connectivity index (χ4v) is 2.49. The first-order valence-electron chi connectivity index (χ1n) is 3.75. The van der Waals surface area contributed by atoms with Crippen LogP contribution in [0.4, 0.5) is 4.39 Å². The van der Waals surface area contributed by atoms with Crippen LogP contribution in [0.15, 0.2) is 11.4 Å². The van der Waals surface area contributed by atoms with Crippen molar-refractivity contribution in [3.63, 3.8) is 0 Å². The lowest BCUT2D eigenvalue weighted by molar-refractivity contribution is 0.541. The molecule has 14 heavy (non-hydrogen) atoms. The molecule has 0 fully saturated rings. The summed E-state index contributed by atoms with van der Waals surface area (Å²) in [4.78, 5) is 6.93. The highest BCUT2D eigenvalue weighted by atomic mass is 35.5. The number of rotatable bonds is 3. The maximum Gasteiger partial charge on any atom is 0.199 e. The average Bonchev–Trinajstić information content (AvgIpc) is 2.09. The molecule has 4 nitrogen and oxygen atoms in total. The number of halogens is 2. The Labute approximate surface area is 86.1 Å². The molecule has 0 amide bonds. The van der Waals surface area contributed by atoms with Gasteiger partial charge in [-0.05, 0) is 6.92 Å². The molecule has 0 aliphatic rings. The van der Waals surface area contributed by atoms with E-state index in [0.717, 1.165) is 6.33 Å². The van der Waals surface area contributed by atoms with E-state index in [1.807, 2.05) is 0 Å². The molecule has 1 aromatic heterocycles. The third kappa shape index (κ3) is 2.19. The Morgan fingerprint density at radius 2 is 2.14 bits per heavy atom. The van der Waals surface area contributed by atoms with Crippen LogP contribution < -0.4 is 0 Å². The lowest BCUT2D eigenvalue weighted by atomic mass is 10.4. The predicted octanol–water partition coefficient (Wildman–Crippen LogP) is 0.937. The molecule has 78 valence electrons. The van der Waals surface area contributed by atoms with Gasteiger partial charge in [-0.1, -0.05) is 0 Å². The monoisotopic (exact) mass is 238 g/mol. The number of aryl methyl sites for hydroxylation is 1. The van der Waals surface area contributed by atoms with Crippen molar-refractivity contribution in [2.75, 3.05) is 11.6 Å². The van der Waals surface area contributed by atoms with Crippen molar-refractivity contribution in [2.24, 2.45) is 0 Å². The maximum atomic E-state index is 13.3. The first kappa shape index (κ1) is 11.3. The lowest BCUT2D eigenvalue weighted by Crippen LogP contribution is -2.13. The van der Waals surface area contributed by atoms with E-state index in [9.17, 15) is 12.8 Å². The maximum absolute atomic E-state index is 13.3. The van der Waals surface area contributed by atoms with Crippen LogP contribution in [0.2, 0.25) is 0 Å². The van der Waals surface area contributed by atoms with E-state index in [1.54, 1.807) is 0 Å². The summed E-state index contributed by atoms with van der Waals surface area (Å²) >= 11 is 5.28. The average molecular weight is 239 g/mol. The highest BCUT2D eigenvalue weighted by molar-refractivity contribution is 7.91. The summed E-state index contributed by atoms with van der Waals surface area (Å²) in [5, 5.41) is -0.578. The van der Waals surface area contributed by atoms with Gasteiger partial charge in [0.2, 0.25) is 0 Å². The van der Waals surface area contributed by atoms with Crippen molar-refractivity contribution in [2.45, 2.75) is 11.9 Å². The molecule has 0 radical (unpaired) electrons. The van der Waals surface area contributed by atoms with E-state index in [-0.39, 0.29) is 17.3 Å². The van der Waals surface area contributed by atoms with Gasteiger partial charge in [-0.3, -0.25) is 0 Å². The van der Waals surface area contributed by atoms with Crippen molar-refractivity contribution in [1.29, 1.82) is 0 Å². The zero-order valence-corrected chi connectivity index (χ0v) is 8.94. The topological polar surface area (TPSA) is 59.9 Å². The normalized spacial score (nSPS) is 11.6. The van der Waals surface area contributed by atoms with Crippen LogP contribution in [0.5, 0.6) is 0 Å². The molecule has 0 aliphatic carbocycles. The standard InChI is InChI=1S/C7H8ClFN2O2S/c1-5-6(9)7(11-4-10-5)14(12,13)3-2-8/h4H,2-3H2,1H3. The molecule has 1 heterocycles. The zero-order chi connectivity index (χ0) is 10.8. The summed E-state index contributed by atoms with van der Waals surface area (Å²) in [5.41, 5.74) is 0.00754. The Balaban J connectivity index is 3.27. The third-order valence-corrected chi connectivity index (χ3v) is 3.60. The minimum atomic E-state index is -3.72. The van der Waals surface area contributed by atoms with Crippen molar-refractivity contribution in [3.8, 4) is 0 Å². The first-order valence-corrected chi connectivity index (χ1v) is 5.93. The van der Waals surface area contributed by atoms with Crippen molar-refractivity contribution < 1.29 is 12.8 Å². The molecule has 1 rings (SSSR count). The molecule has 1 aromatic rings. The Hall–Kier alpha value is -0.750. The Morgan fingerprint density at radius 1 is 1.50 bits per heavy atom. The molecule has 7 heteroatoms. The fraction of sp³-hybridized carbons (Fsp3) is 0.429. The van der Waals surface area contributed by atoms with Crippen LogP contribution in [-0.2, 0) is 9.84 Å². The molecule has 0 atom stereocenters. The van der Waals surface area contributed by atoms with Gasteiger partial charge in [0.05, 0.1) is 11.4 Å². The molecular weight excluding hydrogens is 231 g/mol. The molecule has 0 bridgehead atoms. The van der Waals surface area contributed by atoms with Gasteiger partial charge >= 0.3 is 0 Å². The van der Waals surface area contributed by atoms with Gasteiger partial charge in [0.25, 0.3) is 0 Å². The highest BCUT2D eigenvalue weighted by Crippen LogP contribution is 2.14. The SMILES string of the molecule is Cc1ncnc(S(=O)(=O)CCCl)c1F. The summed E-state index contributed by atoms with van der Waals surface area (Å²) in [5.74, 6) is -1.33. The van der Waals surface area contributed by atoms with Crippen LogP contribution in [0, 0.1) is 12.7 Å². The van der Waals surface area contributed by atoms with Gasteiger partial charge < -0.3 is 0 Å². The second-order valence-electron chi connectivity index (χ2n) is 2.59. The van der Waals surface area contributed by atoms with Crippen molar-refractivity contribution in [3.05, 3.63) is 17.8 Å². The second kappa shape index (κ2) is 4.18. The number of aromatic nitrogens is 2. The first-order chi connectivity index (χ1) is 6.49. The minimum Gasteiger partial charge on any atom is -0.239 e.